The molecule has 216 valence electrons. The fraction of sp³-hybridized carbons (Fsp3) is 0.444. The van der Waals surface area contributed by atoms with Crippen molar-refractivity contribution in [2.75, 3.05) is 6.61 Å². The first-order valence-electron chi connectivity index (χ1n) is 12.6. The van der Waals surface area contributed by atoms with Crippen LogP contribution >= 0.6 is 0 Å². The molecule has 2 aliphatic heterocycles. The van der Waals surface area contributed by atoms with E-state index in [9.17, 15) is 40.5 Å². The maximum absolute atomic E-state index is 12.7. The SMILES string of the molecule is C[C@@H]1O[C@@H](OC[C@H]2O[C@@H](Oc3cc(O)c4c(=O)cc(-c5ccccc5)oc4c3)[C@H](O)[C@@H](O)[C@@H]2O)[C@H](O)[C@H](O)[C@H]1O. The largest absolute Gasteiger partial charge is 0.507 e. The van der Waals surface area contributed by atoms with Crippen LogP contribution in [0, 0.1) is 0 Å². The fourth-order valence-corrected chi connectivity index (χ4v) is 4.68. The Morgan fingerprint density at radius 3 is 2.20 bits per heavy atom. The molecule has 2 aromatic carbocycles. The van der Waals surface area contributed by atoms with Gasteiger partial charge in [0.05, 0.1) is 12.7 Å². The van der Waals surface area contributed by atoms with Gasteiger partial charge in [0.15, 0.2) is 11.7 Å². The Labute approximate surface area is 227 Å². The van der Waals surface area contributed by atoms with E-state index in [0.29, 0.717) is 5.56 Å². The van der Waals surface area contributed by atoms with Crippen LogP contribution in [0.4, 0.5) is 0 Å². The molecule has 0 unspecified atom stereocenters. The highest BCUT2D eigenvalue weighted by atomic mass is 16.7. The van der Waals surface area contributed by atoms with Crippen LogP contribution in [0.25, 0.3) is 22.3 Å². The van der Waals surface area contributed by atoms with E-state index in [2.05, 4.69) is 0 Å². The number of aromatic hydroxyl groups is 1. The van der Waals surface area contributed by atoms with Gasteiger partial charge in [0, 0.05) is 23.8 Å². The van der Waals surface area contributed by atoms with Gasteiger partial charge in [-0.15, -0.1) is 0 Å². The summed E-state index contributed by atoms with van der Waals surface area (Å²) < 4.78 is 28.0. The molecule has 0 amide bonds. The first-order chi connectivity index (χ1) is 19.0. The second kappa shape index (κ2) is 11.4. The van der Waals surface area contributed by atoms with Gasteiger partial charge in [-0.25, -0.2) is 0 Å². The molecule has 0 spiro atoms. The highest BCUT2D eigenvalue weighted by molar-refractivity contribution is 5.86. The van der Waals surface area contributed by atoms with Gasteiger partial charge in [0.25, 0.3) is 0 Å². The number of aliphatic hydroxyl groups is 6. The van der Waals surface area contributed by atoms with Crippen LogP contribution in [0.2, 0.25) is 0 Å². The van der Waals surface area contributed by atoms with Crippen LogP contribution in [-0.2, 0) is 14.2 Å². The van der Waals surface area contributed by atoms with Gasteiger partial charge in [-0.05, 0) is 6.92 Å². The van der Waals surface area contributed by atoms with Gasteiger partial charge in [0.2, 0.25) is 6.29 Å². The predicted octanol–water partition coefficient (Wildman–Crippen LogP) is -0.804. The smallest absolute Gasteiger partial charge is 0.229 e. The van der Waals surface area contributed by atoms with Crippen molar-refractivity contribution in [1.82, 2.24) is 0 Å². The average Bonchev–Trinajstić information content (AvgIpc) is 2.94. The lowest BCUT2D eigenvalue weighted by atomic mass is 9.98. The summed E-state index contributed by atoms with van der Waals surface area (Å²) in [6.45, 7) is 0.996. The quantitative estimate of drug-likeness (QED) is 0.196. The second-order valence-corrected chi connectivity index (χ2v) is 9.80. The second-order valence-electron chi connectivity index (χ2n) is 9.80. The summed E-state index contributed by atoms with van der Waals surface area (Å²) >= 11 is 0. The molecule has 5 rings (SSSR count). The van der Waals surface area contributed by atoms with Crippen LogP contribution in [-0.4, -0.2) is 104 Å². The lowest BCUT2D eigenvalue weighted by Gasteiger charge is -2.42. The summed E-state index contributed by atoms with van der Waals surface area (Å²) in [5, 5.41) is 71.7. The minimum atomic E-state index is -1.74. The fourth-order valence-electron chi connectivity index (χ4n) is 4.68. The third-order valence-electron chi connectivity index (χ3n) is 7.00. The van der Waals surface area contributed by atoms with Gasteiger partial charge >= 0.3 is 0 Å². The zero-order valence-electron chi connectivity index (χ0n) is 21.2. The zero-order chi connectivity index (χ0) is 28.7. The lowest BCUT2D eigenvalue weighted by Crippen LogP contribution is -2.61. The van der Waals surface area contributed by atoms with Crippen molar-refractivity contribution in [3.63, 3.8) is 0 Å². The number of benzene rings is 2. The summed E-state index contributed by atoms with van der Waals surface area (Å²) in [7, 11) is 0. The zero-order valence-corrected chi connectivity index (χ0v) is 21.2. The van der Waals surface area contributed by atoms with Crippen molar-refractivity contribution in [1.29, 1.82) is 0 Å². The minimum Gasteiger partial charge on any atom is -0.507 e. The summed E-state index contributed by atoms with van der Waals surface area (Å²) in [6.07, 6.45) is -14.7. The van der Waals surface area contributed by atoms with Gasteiger partial charge in [-0.3, -0.25) is 4.79 Å². The van der Waals surface area contributed by atoms with Crippen molar-refractivity contribution in [3.05, 3.63) is 58.8 Å². The molecule has 13 heteroatoms. The van der Waals surface area contributed by atoms with Crippen molar-refractivity contribution in [2.24, 2.45) is 0 Å². The normalized spacial score (nSPS) is 34.6. The van der Waals surface area contributed by atoms with E-state index in [1.807, 2.05) is 0 Å². The molecule has 0 aliphatic carbocycles. The molecule has 2 fully saturated rings. The van der Waals surface area contributed by atoms with Crippen molar-refractivity contribution in [2.45, 2.75) is 68.3 Å². The monoisotopic (exact) mass is 562 g/mol. The molecule has 0 saturated carbocycles. The van der Waals surface area contributed by atoms with E-state index in [0.717, 1.165) is 6.07 Å². The standard InChI is InChI=1S/C27H30O13/c1-11-20(30)22(32)24(34)26(37-11)36-10-18-21(31)23(33)25(35)27(40-18)38-13-7-14(28)19-15(29)9-16(39-17(19)8-13)12-5-3-2-4-6-12/h2-9,11,18,20-28,30-35H,10H2,1H3/t11-,18+,20-,21+,22+,23-,24+,25+,26+,27+/m0/s1. The van der Waals surface area contributed by atoms with E-state index in [1.165, 1.54) is 19.1 Å². The molecular weight excluding hydrogens is 532 g/mol. The van der Waals surface area contributed by atoms with Gasteiger partial charge in [-0.1, -0.05) is 30.3 Å². The van der Waals surface area contributed by atoms with Crippen molar-refractivity contribution >= 4 is 11.0 Å². The molecular formula is C27H30O13. The lowest BCUT2D eigenvalue weighted by molar-refractivity contribution is -0.318. The highest BCUT2D eigenvalue weighted by Gasteiger charge is 2.47. The first-order valence-corrected chi connectivity index (χ1v) is 12.6. The molecule has 3 heterocycles. The number of hydrogen-bond donors (Lipinski definition) is 7. The number of ether oxygens (including phenoxy) is 4. The van der Waals surface area contributed by atoms with E-state index >= 15 is 0 Å². The molecule has 13 nitrogen and oxygen atoms in total. The Hall–Kier alpha value is -3.11. The van der Waals surface area contributed by atoms with E-state index in [4.69, 9.17) is 23.4 Å². The molecule has 7 N–H and O–H groups in total. The van der Waals surface area contributed by atoms with Crippen molar-refractivity contribution in [3.8, 4) is 22.8 Å². The molecule has 2 saturated heterocycles. The maximum atomic E-state index is 12.7. The number of rotatable bonds is 6. The number of fused-ring (bicyclic) bond motifs is 1. The van der Waals surface area contributed by atoms with Gasteiger partial charge in [0.1, 0.15) is 71.0 Å². The summed E-state index contributed by atoms with van der Waals surface area (Å²) in [5.74, 6) is -0.286. The number of phenolic OH excluding ortho intramolecular Hbond substituents is 1. The molecule has 0 radical (unpaired) electrons. The van der Waals surface area contributed by atoms with Crippen LogP contribution in [0.1, 0.15) is 6.92 Å². The van der Waals surface area contributed by atoms with Crippen LogP contribution < -0.4 is 10.2 Å². The van der Waals surface area contributed by atoms with E-state index < -0.39 is 79.2 Å². The third kappa shape index (κ3) is 5.43. The third-order valence-corrected chi connectivity index (χ3v) is 7.00. The van der Waals surface area contributed by atoms with Crippen LogP contribution in [0.3, 0.4) is 0 Å². The summed E-state index contributed by atoms with van der Waals surface area (Å²) in [6, 6.07) is 12.5. The minimum absolute atomic E-state index is 0.00887. The Morgan fingerprint density at radius 2 is 1.48 bits per heavy atom. The highest BCUT2D eigenvalue weighted by Crippen LogP contribution is 2.33. The molecule has 0 bridgehead atoms. The van der Waals surface area contributed by atoms with E-state index in [-0.39, 0.29) is 22.5 Å². The Balaban J connectivity index is 1.35. The molecule has 2 aliphatic rings. The Bertz CT molecular complexity index is 1380. The molecule has 3 aromatic rings. The maximum Gasteiger partial charge on any atom is 0.229 e. The first kappa shape index (κ1) is 28.4. The van der Waals surface area contributed by atoms with E-state index in [1.54, 1.807) is 30.3 Å². The molecule has 10 atom stereocenters. The molecule has 40 heavy (non-hydrogen) atoms. The number of hydrogen-bond acceptors (Lipinski definition) is 13. The average molecular weight is 563 g/mol. The molecule has 1 aromatic heterocycles. The summed E-state index contributed by atoms with van der Waals surface area (Å²) in [4.78, 5) is 12.7. The topological polar surface area (TPSA) is 209 Å². The van der Waals surface area contributed by atoms with Crippen LogP contribution in [0.15, 0.2) is 57.7 Å². The predicted molar refractivity (Wildman–Crippen MR) is 135 cm³/mol. The number of phenols is 1. The number of aliphatic hydroxyl groups excluding tert-OH is 6. The van der Waals surface area contributed by atoms with Crippen molar-refractivity contribution < 1.29 is 59.1 Å². The van der Waals surface area contributed by atoms with Gasteiger partial charge < -0.3 is 59.1 Å². The van der Waals surface area contributed by atoms with Crippen LogP contribution in [0.5, 0.6) is 11.5 Å². The summed E-state index contributed by atoms with van der Waals surface area (Å²) in [5.41, 5.74) is 0.125. The van der Waals surface area contributed by atoms with Gasteiger partial charge in [-0.2, -0.15) is 0 Å². The Kier molecular flexibility index (Phi) is 8.10. The Morgan fingerprint density at radius 1 is 0.800 bits per heavy atom.